The van der Waals surface area contributed by atoms with Gasteiger partial charge in [0.15, 0.2) is 0 Å². The first-order chi connectivity index (χ1) is 14.1. The van der Waals surface area contributed by atoms with Gasteiger partial charge in [-0.15, -0.1) is 0 Å². The Morgan fingerprint density at radius 2 is 2.00 bits per heavy atom. The molecule has 6 nitrogen and oxygen atoms in total. The molecule has 4 heterocycles. The molecular weight excluding hydrogens is 366 g/mol. The minimum absolute atomic E-state index is 0.00928. The third-order valence-electron chi connectivity index (χ3n) is 6.48. The maximum Gasteiger partial charge on any atom is 0.245 e. The van der Waals surface area contributed by atoms with Crippen LogP contribution in [0.3, 0.4) is 0 Å². The second kappa shape index (κ2) is 5.86. The Morgan fingerprint density at radius 1 is 1.14 bits per heavy atom. The van der Waals surface area contributed by atoms with Gasteiger partial charge in [0.25, 0.3) is 0 Å². The number of benzene rings is 2. The number of para-hydroxylation sites is 1. The molecule has 6 rings (SSSR count). The van der Waals surface area contributed by atoms with Gasteiger partial charge in [-0.1, -0.05) is 24.3 Å². The summed E-state index contributed by atoms with van der Waals surface area (Å²) >= 11 is 0. The van der Waals surface area contributed by atoms with Crippen LogP contribution in [0.2, 0.25) is 0 Å². The smallest absolute Gasteiger partial charge is 0.245 e. The van der Waals surface area contributed by atoms with Gasteiger partial charge in [0.2, 0.25) is 11.8 Å². The van der Waals surface area contributed by atoms with Gasteiger partial charge in [0.05, 0.1) is 19.2 Å². The number of ether oxygens (including phenoxy) is 1. The number of likely N-dealkylation sites (N-methyl/N-ethyl adjacent to an activating group) is 1. The molecule has 0 saturated carbocycles. The highest BCUT2D eigenvalue weighted by atomic mass is 16.5. The summed E-state index contributed by atoms with van der Waals surface area (Å²) in [5.74, 6) is 0.914. The molecule has 146 valence electrons. The zero-order valence-electron chi connectivity index (χ0n) is 16.1. The number of H-pyrrole nitrogens is 1. The summed E-state index contributed by atoms with van der Waals surface area (Å²) in [6.07, 6.45) is 1.41. The van der Waals surface area contributed by atoms with Gasteiger partial charge in [0, 0.05) is 36.5 Å². The van der Waals surface area contributed by atoms with Gasteiger partial charge in [0.1, 0.15) is 11.8 Å². The molecule has 3 aliphatic rings. The third kappa shape index (κ3) is 2.29. The Kier molecular flexibility index (Phi) is 3.37. The zero-order chi connectivity index (χ0) is 19.7. The molecule has 1 N–H and O–H groups in total. The van der Waals surface area contributed by atoms with Gasteiger partial charge in [-0.25, -0.2) is 0 Å². The van der Waals surface area contributed by atoms with Crippen LogP contribution in [0.15, 0.2) is 42.5 Å². The van der Waals surface area contributed by atoms with Crippen LogP contribution in [-0.2, 0) is 22.4 Å². The quantitative estimate of drug-likeness (QED) is 0.697. The predicted molar refractivity (Wildman–Crippen MR) is 108 cm³/mol. The summed E-state index contributed by atoms with van der Waals surface area (Å²) in [5, 5.41) is 1.13. The molecule has 6 heteroatoms. The summed E-state index contributed by atoms with van der Waals surface area (Å²) in [4.78, 5) is 33.1. The molecule has 2 unspecified atom stereocenters. The minimum Gasteiger partial charge on any atom is -0.493 e. The largest absolute Gasteiger partial charge is 0.493 e. The molecular formula is C23H21N3O3. The van der Waals surface area contributed by atoms with Gasteiger partial charge in [-0.2, -0.15) is 0 Å². The molecule has 0 spiro atoms. The lowest BCUT2D eigenvalue weighted by Crippen LogP contribution is -2.62. The molecule has 3 aromatic rings. The molecule has 2 atom stereocenters. The van der Waals surface area contributed by atoms with E-state index in [0.717, 1.165) is 45.5 Å². The first-order valence-corrected chi connectivity index (χ1v) is 10.0. The van der Waals surface area contributed by atoms with E-state index in [2.05, 4.69) is 23.2 Å². The highest BCUT2D eigenvalue weighted by Gasteiger charge is 2.47. The number of nitrogens with zero attached hydrogens (tertiary/aromatic N) is 2. The van der Waals surface area contributed by atoms with E-state index in [1.165, 1.54) is 0 Å². The van der Waals surface area contributed by atoms with E-state index in [9.17, 15) is 9.59 Å². The number of piperazine rings is 1. The Bertz CT molecular complexity index is 1180. The molecule has 0 aliphatic carbocycles. The number of hydrogen-bond donors (Lipinski definition) is 1. The van der Waals surface area contributed by atoms with Crippen molar-refractivity contribution < 1.29 is 14.3 Å². The molecule has 0 radical (unpaired) electrons. The second-order valence-corrected chi connectivity index (χ2v) is 8.15. The van der Waals surface area contributed by atoms with Crippen molar-refractivity contribution in [1.29, 1.82) is 0 Å². The van der Waals surface area contributed by atoms with Gasteiger partial charge in [-0.3, -0.25) is 9.59 Å². The molecule has 1 saturated heterocycles. The van der Waals surface area contributed by atoms with Crippen molar-refractivity contribution in [2.75, 3.05) is 20.2 Å². The molecule has 0 bridgehead atoms. The maximum absolute atomic E-state index is 13.1. The van der Waals surface area contributed by atoms with Crippen LogP contribution in [0, 0.1) is 0 Å². The number of fused-ring (bicyclic) bond motifs is 5. The molecule has 2 amide bonds. The first-order valence-electron chi connectivity index (χ1n) is 10.0. The Hall–Kier alpha value is -3.28. The first kappa shape index (κ1) is 16.7. The number of hydrogen-bond acceptors (Lipinski definition) is 3. The Morgan fingerprint density at radius 3 is 2.90 bits per heavy atom. The van der Waals surface area contributed by atoms with E-state index in [1.807, 2.05) is 24.3 Å². The molecule has 1 fully saturated rings. The monoisotopic (exact) mass is 387 g/mol. The number of carbonyl (C=O) groups excluding carboxylic acids is 2. The maximum atomic E-state index is 13.1. The standard InChI is InChI=1S/C23H21N3O3/c1-25-12-20(27)26-18(23(25)28)11-16-15-4-2-3-5-17(15)24-21(16)22(26)14-6-7-19-13(10-14)8-9-29-19/h2-7,10,18,22,24H,8-9,11-12H2,1H3. The van der Waals surface area contributed by atoms with Crippen LogP contribution in [0.5, 0.6) is 5.75 Å². The molecule has 29 heavy (non-hydrogen) atoms. The zero-order valence-corrected chi connectivity index (χ0v) is 16.1. The minimum atomic E-state index is -0.470. The Balaban J connectivity index is 1.59. The fourth-order valence-corrected chi connectivity index (χ4v) is 5.13. The lowest BCUT2D eigenvalue weighted by molar-refractivity contribution is -0.157. The summed E-state index contributed by atoms with van der Waals surface area (Å²) in [6.45, 7) is 0.811. The average molecular weight is 387 g/mol. The molecule has 1 aromatic heterocycles. The number of amides is 2. The van der Waals surface area contributed by atoms with Crippen LogP contribution >= 0.6 is 0 Å². The highest BCUT2D eigenvalue weighted by molar-refractivity contribution is 5.97. The van der Waals surface area contributed by atoms with Crippen LogP contribution < -0.4 is 4.74 Å². The van der Waals surface area contributed by atoms with Crippen LogP contribution in [0.4, 0.5) is 0 Å². The van der Waals surface area contributed by atoms with Crippen molar-refractivity contribution in [1.82, 2.24) is 14.8 Å². The van der Waals surface area contributed by atoms with E-state index in [4.69, 9.17) is 4.74 Å². The van der Waals surface area contributed by atoms with E-state index in [-0.39, 0.29) is 24.4 Å². The van der Waals surface area contributed by atoms with Gasteiger partial charge >= 0.3 is 0 Å². The predicted octanol–water partition coefficient (Wildman–Crippen LogP) is 2.42. The van der Waals surface area contributed by atoms with Crippen LogP contribution in [0.1, 0.15) is 28.4 Å². The highest BCUT2D eigenvalue weighted by Crippen LogP contribution is 2.43. The number of aromatic amines is 1. The van der Waals surface area contributed by atoms with E-state index >= 15 is 0 Å². The van der Waals surface area contributed by atoms with Crippen molar-refractivity contribution in [2.24, 2.45) is 0 Å². The summed E-state index contributed by atoms with van der Waals surface area (Å²) in [7, 11) is 1.71. The molecule has 2 aromatic carbocycles. The summed E-state index contributed by atoms with van der Waals surface area (Å²) in [5.41, 5.74) is 5.39. The van der Waals surface area contributed by atoms with Crippen molar-refractivity contribution in [3.8, 4) is 5.75 Å². The SMILES string of the molecule is CN1CC(=O)N2C(Cc3c([nH]c4ccccc34)C2c2ccc3c(c2)CCO3)C1=O. The second-order valence-electron chi connectivity index (χ2n) is 8.15. The van der Waals surface area contributed by atoms with Gasteiger partial charge in [-0.05, 0) is 34.9 Å². The van der Waals surface area contributed by atoms with E-state index in [1.54, 1.807) is 16.8 Å². The van der Waals surface area contributed by atoms with Crippen LogP contribution in [0.25, 0.3) is 10.9 Å². The van der Waals surface area contributed by atoms with Crippen molar-refractivity contribution in [3.05, 3.63) is 64.8 Å². The van der Waals surface area contributed by atoms with Crippen molar-refractivity contribution in [2.45, 2.75) is 24.9 Å². The van der Waals surface area contributed by atoms with Gasteiger partial charge < -0.3 is 19.5 Å². The van der Waals surface area contributed by atoms with Crippen molar-refractivity contribution in [3.63, 3.8) is 0 Å². The normalized spacial score (nSPS) is 23.1. The van der Waals surface area contributed by atoms with E-state index in [0.29, 0.717) is 13.0 Å². The number of nitrogens with one attached hydrogen (secondary N) is 1. The molecule has 3 aliphatic heterocycles. The Labute approximate surface area is 168 Å². The fraction of sp³-hybridized carbons (Fsp3) is 0.304. The van der Waals surface area contributed by atoms with E-state index < -0.39 is 6.04 Å². The third-order valence-corrected chi connectivity index (χ3v) is 6.48. The lowest BCUT2D eigenvalue weighted by Gasteiger charge is -2.46. The number of aromatic nitrogens is 1. The number of carbonyl (C=O) groups is 2. The summed E-state index contributed by atoms with van der Waals surface area (Å²) < 4.78 is 5.67. The topological polar surface area (TPSA) is 65.6 Å². The average Bonchev–Trinajstić information content (AvgIpc) is 3.34. The lowest BCUT2D eigenvalue weighted by atomic mass is 9.86. The number of rotatable bonds is 1. The van der Waals surface area contributed by atoms with Crippen LogP contribution in [-0.4, -0.2) is 52.8 Å². The van der Waals surface area contributed by atoms with Crippen molar-refractivity contribution >= 4 is 22.7 Å². The summed E-state index contributed by atoms with van der Waals surface area (Å²) in [6, 6.07) is 13.6. The fourth-order valence-electron chi connectivity index (χ4n) is 5.13.